The van der Waals surface area contributed by atoms with E-state index in [4.69, 9.17) is 11.6 Å². The number of halogens is 1. The second-order valence-electron chi connectivity index (χ2n) is 5.58. The highest BCUT2D eigenvalue weighted by molar-refractivity contribution is 7.18. The van der Waals surface area contributed by atoms with Crippen molar-refractivity contribution in [1.82, 2.24) is 14.9 Å². The summed E-state index contributed by atoms with van der Waals surface area (Å²) < 4.78 is 4.67. The molecule has 0 spiro atoms. The Morgan fingerprint density at radius 3 is 2.64 bits per heavy atom. The summed E-state index contributed by atoms with van der Waals surface area (Å²) in [5.41, 5.74) is 0.649. The Bertz CT molecular complexity index is 760. The second kappa shape index (κ2) is 7.79. The molecule has 132 valence electrons. The molecule has 1 saturated heterocycles. The van der Waals surface area contributed by atoms with Crippen LogP contribution in [0.4, 0.5) is 5.13 Å². The van der Waals surface area contributed by atoms with Gasteiger partial charge in [0.05, 0.1) is 7.11 Å². The third-order valence-electron chi connectivity index (χ3n) is 3.99. The second-order valence-corrected chi connectivity index (χ2v) is 6.93. The summed E-state index contributed by atoms with van der Waals surface area (Å²) in [5.74, 6) is -0.473. The van der Waals surface area contributed by atoms with Crippen molar-refractivity contribution in [3.8, 4) is 0 Å². The monoisotopic (exact) mass is 380 g/mol. The predicted octanol–water partition coefficient (Wildman–Crippen LogP) is 2.69. The number of likely N-dealkylation sites (tertiary alicyclic amines) is 1. The molecule has 3 heterocycles. The van der Waals surface area contributed by atoms with Crippen LogP contribution in [0.5, 0.6) is 0 Å². The van der Waals surface area contributed by atoms with Crippen molar-refractivity contribution >= 4 is 39.9 Å². The topological polar surface area (TPSA) is 84.4 Å². The van der Waals surface area contributed by atoms with E-state index in [0.29, 0.717) is 23.8 Å². The van der Waals surface area contributed by atoms with E-state index < -0.39 is 5.97 Å². The highest BCUT2D eigenvalue weighted by Crippen LogP contribution is 2.29. The minimum Gasteiger partial charge on any atom is -0.465 e. The summed E-state index contributed by atoms with van der Waals surface area (Å²) in [6, 6.07) is 3.62. The average molecular weight is 381 g/mol. The number of hydrogen-bond acceptors (Lipinski definition) is 7. The molecule has 9 heteroatoms. The summed E-state index contributed by atoms with van der Waals surface area (Å²) >= 11 is 7.14. The molecule has 0 saturated carbocycles. The minimum absolute atomic E-state index is 0.0196. The van der Waals surface area contributed by atoms with Gasteiger partial charge in [-0.3, -0.25) is 9.78 Å². The Balaban J connectivity index is 1.56. The number of methoxy groups -OCH3 is 1. The van der Waals surface area contributed by atoms with Crippen molar-refractivity contribution in [2.75, 3.05) is 25.5 Å². The predicted molar refractivity (Wildman–Crippen MR) is 95.2 cm³/mol. The highest BCUT2D eigenvalue weighted by atomic mass is 35.5. The van der Waals surface area contributed by atoms with Crippen LogP contribution in [0.25, 0.3) is 0 Å². The third-order valence-corrected chi connectivity index (χ3v) is 5.35. The number of hydrogen-bond donors (Lipinski definition) is 1. The van der Waals surface area contributed by atoms with Gasteiger partial charge in [0.15, 0.2) is 15.2 Å². The van der Waals surface area contributed by atoms with Crippen LogP contribution in [-0.4, -0.2) is 53.0 Å². The molecular weight excluding hydrogens is 364 g/mol. The van der Waals surface area contributed by atoms with E-state index in [1.54, 1.807) is 24.5 Å². The SMILES string of the molecule is COC(=O)c1sc(NC2CCN(C(=O)c3ccncc3)CC2)nc1Cl. The van der Waals surface area contributed by atoms with Gasteiger partial charge in [0.25, 0.3) is 5.91 Å². The number of amides is 1. The van der Waals surface area contributed by atoms with Crippen LogP contribution < -0.4 is 5.32 Å². The molecule has 0 aliphatic carbocycles. The van der Waals surface area contributed by atoms with Gasteiger partial charge in [-0.1, -0.05) is 22.9 Å². The van der Waals surface area contributed by atoms with Gasteiger partial charge in [-0.25, -0.2) is 9.78 Å². The number of carbonyl (C=O) groups is 2. The minimum atomic E-state index is -0.492. The normalized spacial score (nSPS) is 15.0. The number of ether oxygens (including phenoxy) is 1. The Hall–Kier alpha value is -2.19. The first-order valence-corrected chi connectivity index (χ1v) is 8.98. The van der Waals surface area contributed by atoms with Gasteiger partial charge in [0, 0.05) is 37.1 Å². The average Bonchev–Trinajstić information content (AvgIpc) is 3.02. The largest absolute Gasteiger partial charge is 0.465 e. The van der Waals surface area contributed by atoms with Crippen LogP contribution in [0, 0.1) is 0 Å². The number of pyridine rings is 1. The Kier molecular flexibility index (Phi) is 5.50. The van der Waals surface area contributed by atoms with E-state index in [1.165, 1.54) is 18.4 Å². The van der Waals surface area contributed by atoms with E-state index in [0.717, 1.165) is 12.8 Å². The zero-order valence-electron chi connectivity index (χ0n) is 13.6. The summed E-state index contributed by atoms with van der Waals surface area (Å²) in [7, 11) is 1.31. The lowest BCUT2D eigenvalue weighted by atomic mass is 10.0. The van der Waals surface area contributed by atoms with Gasteiger partial charge in [-0.15, -0.1) is 0 Å². The molecule has 7 nitrogen and oxygen atoms in total. The summed E-state index contributed by atoms with van der Waals surface area (Å²) in [5, 5.41) is 4.02. The van der Waals surface area contributed by atoms with Gasteiger partial charge in [-0.05, 0) is 25.0 Å². The van der Waals surface area contributed by atoms with E-state index in [1.807, 2.05) is 4.90 Å². The maximum atomic E-state index is 12.4. The van der Waals surface area contributed by atoms with Crippen molar-refractivity contribution in [3.05, 3.63) is 40.1 Å². The molecule has 0 radical (unpaired) electrons. The van der Waals surface area contributed by atoms with E-state index in [2.05, 4.69) is 20.0 Å². The first-order chi connectivity index (χ1) is 12.1. The van der Waals surface area contributed by atoms with Gasteiger partial charge >= 0.3 is 5.97 Å². The van der Waals surface area contributed by atoms with Crippen molar-refractivity contribution in [2.45, 2.75) is 18.9 Å². The number of thiazole rings is 1. The molecule has 2 aromatic rings. The van der Waals surface area contributed by atoms with Crippen LogP contribution in [0.2, 0.25) is 5.15 Å². The molecule has 1 aliphatic rings. The van der Waals surface area contributed by atoms with Crippen molar-refractivity contribution in [2.24, 2.45) is 0 Å². The number of anilines is 1. The third kappa shape index (κ3) is 4.08. The Morgan fingerprint density at radius 1 is 1.32 bits per heavy atom. The van der Waals surface area contributed by atoms with Crippen molar-refractivity contribution in [1.29, 1.82) is 0 Å². The number of rotatable bonds is 4. The van der Waals surface area contributed by atoms with Gasteiger partial charge in [0.1, 0.15) is 0 Å². The van der Waals surface area contributed by atoms with Gasteiger partial charge < -0.3 is 15.0 Å². The molecular formula is C16H17ClN4O3S. The molecule has 1 fully saturated rings. The van der Waals surface area contributed by atoms with E-state index >= 15 is 0 Å². The number of aromatic nitrogens is 2. The maximum Gasteiger partial charge on any atom is 0.351 e. The molecule has 1 amide bonds. The van der Waals surface area contributed by atoms with Gasteiger partial charge in [-0.2, -0.15) is 0 Å². The lowest BCUT2D eigenvalue weighted by Gasteiger charge is -2.32. The number of carbonyl (C=O) groups excluding carboxylic acids is 2. The number of nitrogens with one attached hydrogen (secondary N) is 1. The first kappa shape index (κ1) is 17.6. The molecule has 1 aliphatic heterocycles. The van der Waals surface area contributed by atoms with E-state index in [9.17, 15) is 9.59 Å². The van der Waals surface area contributed by atoms with Crippen LogP contribution in [0.15, 0.2) is 24.5 Å². The molecule has 3 rings (SSSR count). The van der Waals surface area contributed by atoms with Gasteiger partial charge in [0.2, 0.25) is 0 Å². The number of piperidine rings is 1. The summed E-state index contributed by atoms with van der Waals surface area (Å²) in [6.45, 7) is 1.31. The maximum absolute atomic E-state index is 12.4. The van der Waals surface area contributed by atoms with Crippen LogP contribution in [0.1, 0.15) is 32.9 Å². The van der Waals surface area contributed by atoms with Crippen LogP contribution in [0.3, 0.4) is 0 Å². The first-order valence-electron chi connectivity index (χ1n) is 7.79. The van der Waals surface area contributed by atoms with E-state index in [-0.39, 0.29) is 22.0 Å². The lowest BCUT2D eigenvalue weighted by molar-refractivity contribution is 0.0605. The van der Waals surface area contributed by atoms with Crippen LogP contribution >= 0.6 is 22.9 Å². The zero-order valence-corrected chi connectivity index (χ0v) is 15.1. The number of esters is 1. The fraction of sp³-hybridized carbons (Fsp3) is 0.375. The molecule has 0 bridgehead atoms. The molecule has 0 unspecified atom stereocenters. The van der Waals surface area contributed by atoms with Crippen molar-refractivity contribution in [3.63, 3.8) is 0 Å². The highest BCUT2D eigenvalue weighted by Gasteiger charge is 2.25. The fourth-order valence-electron chi connectivity index (χ4n) is 2.66. The molecule has 0 atom stereocenters. The standard InChI is InChI=1S/C16H17ClN4O3S/c1-24-15(23)12-13(17)20-16(25-12)19-11-4-8-21(9-5-11)14(22)10-2-6-18-7-3-10/h2-3,6-7,11H,4-5,8-9H2,1H3,(H,19,20). The Labute approximate surface area is 154 Å². The smallest absolute Gasteiger partial charge is 0.351 e. The lowest BCUT2D eigenvalue weighted by Crippen LogP contribution is -2.42. The Morgan fingerprint density at radius 2 is 2.00 bits per heavy atom. The molecule has 1 N–H and O–H groups in total. The summed E-state index contributed by atoms with van der Waals surface area (Å²) in [6.07, 6.45) is 4.82. The number of nitrogens with zero attached hydrogens (tertiary/aromatic N) is 3. The van der Waals surface area contributed by atoms with Crippen molar-refractivity contribution < 1.29 is 14.3 Å². The summed E-state index contributed by atoms with van der Waals surface area (Å²) in [4.78, 5) is 34.2. The van der Waals surface area contributed by atoms with Crippen LogP contribution in [-0.2, 0) is 4.74 Å². The molecule has 25 heavy (non-hydrogen) atoms. The molecule has 0 aromatic carbocycles. The zero-order chi connectivity index (χ0) is 17.8. The molecule has 2 aromatic heterocycles. The fourth-order valence-corrected chi connectivity index (χ4v) is 3.84. The quantitative estimate of drug-likeness (QED) is 0.821.